The van der Waals surface area contributed by atoms with E-state index in [-0.39, 0.29) is 12.6 Å². The SMILES string of the molecule is O=C(NCc1cc2ccccc2[nH]1)NC(CO)c1ccccc1. The number of hydrogen-bond donors (Lipinski definition) is 4. The number of rotatable bonds is 5. The zero-order valence-electron chi connectivity index (χ0n) is 12.6. The second-order valence-electron chi connectivity index (χ2n) is 5.35. The lowest BCUT2D eigenvalue weighted by Crippen LogP contribution is -2.38. The van der Waals surface area contributed by atoms with Crippen molar-refractivity contribution in [3.8, 4) is 0 Å². The number of amides is 2. The second-order valence-corrected chi connectivity index (χ2v) is 5.35. The number of urea groups is 1. The van der Waals surface area contributed by atoms with Gasteiger partial charge in [-0.15, -0.1) is 0 Å². The lowest BCUT2D eigenvalue weighted by molar-refractivity contribution is 0.216. The average molecular weight is 309 g/mol. The summed E-state index contributed by atoms with van der Waals surface area (Å²) in [7, 11) is 0. The minimum Gasteiger partial charge on any atom is -0.394 e. The molecule has 0 bridgehead atoms. The van der Waals surface area contributed by atoms with E-state index < -0.39 is 6.04 Å². The number of aromatic amines is 1. The fraction of sp³-hybridized carbons (Fsp3) is 0.167. The Morgan fingerprint density at radius 1 is 1.09 bits per heavy atom. The maximum Gasteiger partial charge on any atom is 0.315 e. The highest BCUT2D eigenvalue weighted by atomic mass is 16.3. The van der Waals surface area contributed by atoms with Gasteiger partial charge in [0.1, 0.15) is 0 Å². The first-order valence-electron chi connectivity index (χ1n) is 7.53. The average Bonchev–Trinajstić information content (AvgIpc) is 3.01. The van der Waals surface area contributed by atoms with Crippen LogP contribution in [0.1, 0.15) is 17.3 Å². The predicted molar refractivity (Wildman–Crippen MR) is 89.9 cm³/mol. The number of nitrogens with one attached hydrogen (secondary N) is 3. The highest BCUT2D eigenvalue weighted by Crippen LogP contribution is 2.14. The minimum absolute atomic E-state index is 0.149. The molecule has 0 aliphatic carbocycles. The van der Waals surface area contributed by atoms with Crippen LogP contribution in [0.15, 0.2) is 60.7 Å². The molecule has 5 heteroatoms. The number of hydrogen-bond acceptors (Lipinski definition) is 2. The molecular weight excluding hydrogens is 290 g/mol. The normalized spacial score (nSPS) is 12.0. The lowest BCUT2D eigenvalue weighted by Gasteiger charge is -2.17. The van der Waals surface area contributed by atoms with Gasteiger partial charge in [0.25, 0.3) is 0 Å². The van der Waals surface area contributed by atoms with Crippen LogP contribution in [0, 0.1) is 0 Å². The van der Waals surface area contributed by atoms with Gasteiger partial charge in [0.15, 0.2) is 0 Å². The number of H-pyrrole nitrogens is 1. The van der Waals surface area contributed by atoms with Crippen molar-refractivity contribution in [1.29, 1.82) is 0 Å². The summed E-state index contributed by atoms with van der Waals surface area (Å²) in [6, 6.07) is 18.6. The Morgan fingerprint density at radius 3 is 2.57 bits per heavy atom. The molecule has 0 spiro atoms. The van der Waals surface area contributed by atoms with E-state index in [9.17, 15) is 9.90 Å². The van der Waals surface area contributed by atoms with Gasteiger partial charge in [0.2, 0.25) is 0 Å². The summed E-state index contributed by atoms with van der Waals surface area (Å²) in [6.07, 6.45) is 0. The van der Waals surface area contributed by atoms with Crippen LogP contribution < -0.4 is 10.6 Å². The van der Waals surface area contributed by atoms with E-state index in [4.69, 9.17) is 0 Å². The van der Waals surface area contributed by atoms with Crippen LogP contribution in [0.3, 0.4) is 0 Å². The van der Waals surface area contributed by atoms with Crippen LogP contribution in [0.2, 0.25) is 0 Å². The van der Waals surface area contributed by atoms with Gasteiger partial charge in [-0.2, -0.15) is 0 Å². The Hall–Kier alpha value is -2.79. The molecule has 2 aromatic carbocycles. The van der Waals surface area contributed by atoms with Gasteiger partial charge in [-0.3, -0.25) is 0 Å². The number of fused-ring (bicyclic) bond motifs is 1. The molecule has 0 saturated carbocycles. The molecule has 0 saturated heterocycles. The number of aromatic nitrogens is 1. The van der Waals surface area contributed by atoms with Crippen LogP contribution >= 0.6 is 0 Å². The van der Waals surface area contributed by atoms with Crippen molar-refractivity contribution in [2.45, 2.75) is 12.6 Å². The standard InChI is InChI=1S/C18H19N3O2/c22-12-17(13-6-2-1-3-7-13)21-18(23)19-11-15-10-14-8-4-5-9-16(14)20-15/h1-10,17,20,22H,11-12H2,(H2,19,21,23). The smallest absolute Gasteiger partial charge is 0.315 e. The Morgan fingerprint density at radius 2 is 1.83 bits per heavy atom. The van der Waals surface area contributed by atoms with E-state index in [0.717, 1.165) is 22.2 Å². The molecule has 2 amide bonds. The van der Waals surface area contributed by atoms with Crippen LogP contribution in [0.4, 0.5) is 4.79 Å². The molecule has 23 heavy (non-hydrogen) atoms. The van der Waals surface area contributed by atoms with Crippen LogP contribution in [-0.2, 0) is 6.54 Å². The molecule has 1 unspecified atom stereocenters. The maximum atomic E-state index is 12.0. The summed E-state index contributed by atoms with van der Waals surface area (Å²) in [5.74, 6) is 0. The number of para-hydroxylation sites is 1. The van der Waals surface area contributed by atoms with E-state index in [1.807, 2.05) is 60.7 Å². The van der Waals surface area contributed by atoms with Crippen LogP contribution in [0.25, 0.3) is 10.9 Å². The van der Waals surface area contributed by atoms with Crippen LogP contribution in [-0.4, -0.2) is 22.7 Å². The van der Waals surface area contributed by atoms with Crippen molar-refractivity contribution in [2.75, 3.05) is 6.61 Å². The van der Waals surface area contributed by atoms with Crippen molar-refractivity contribution >= 4 is 16.9 Å². The van der Waals surface area contributed by atoms with Crippen molar-refractivity contribution in [3.05, 3.63) is 71.9 Å². The molecule has 1 heterocycles. The summed E-state index contributed by atoms with van der Waals surface area (Å²) in [5.41, 5.74) is 2.85. The first-order chi connectivity index (χ1) is 11.3. The summed E-state index contributed by atoms with van der Waals surface area (Å²) in [6.45, 7) is 0.247. The molecule has 0 fully saturated rings. The largest absolute Gasteiger partial charge is 0.394 e. The Bertz CT molecular complexity index is 750. The minimum atomic E-state index is -0.418. The Balaban J connectivity index is 1.58. The van der Waals surface area contributed by atoms with E-state index in [2.05, 4.69) is 15.6 Å². The molecule has 1 aromatic heterocycles. The maximum absolute atomic E-state index is 12.0. The van der Waals surface area contributed by atoms with Crippen molar-refractivity contribution in [2.24, 2.45) is 0 Å². The third-order valence-corrected chi connectivity index (χ3v) is 3.71. The van der Waals surface area contributed by atoms with Gasteiger partial charge >= 0.3 is 6.03 Å². The molecule has 3 aromatic rings. The monoisotopic (exact) mass is 309 g/mol. The van der Waals surface area contributed by atoms with E-state index >= 15 is 0 Å². The molecule has 5 nitrogen and oxygen atoms in total. The number of aliphatic hydroxyl groups is 1. The summed E-state index contributed by atoms with van der Waals surface area (Å²) >= 11 is 0. The topological polar surface area (TPSA) is 77.2 Å². The van der Waals surface area contributed by atoms with Gasteiger partial charge in [0.05, 0.1) is 19.2 Å². The first kappa shape index (κ1) is 15.1. The fourth-order valence-electron chi connectivity index (χ4n) is 2.53. The van der Waals surface area contributed by atoms with E-state index in [1.54, 1.807) is 0 Å². The quantitative estimate of drug-likeness (QED) is 0.585. The molecule has 0 aliphatic rings. The third-order valence-electron chi connectivity index (χ3n) is 3.71. The van der Waals surface area contributed by atoms with Crippen molar-refractivity contribution in [3.63, 3.8) is 0 Å². The molecular formula is C18H19N3O2. The summed E-state index contributed by atoms with van der Waals surface area (Å²) in [4.78, 5) is 15.3. The fourth-order valence-corrected chi connectivity index (χ4v) is 2.53. The number of aliphatic hydroxyl groups excluding tert-OH is 1. The zero-order chi connectivity index (χ0) is 16.1. The zero-order valence-corrected chi connectivity index (χ0v) is 12.6. The number of carbonyl (C=O) groups excluding carboxylic acids is 1. The van der Waals surface area contributed by atoms with E-state index in [0.29, 0.717) is 6.54 Å². The number of carbonyl (C=O) groups is 1. The van der Waals surface area contributed by atoms with Gasteiger partial charge in [-0.05, 0) is 23.1 Å². The van der Waals surface area contributed by atoms with Crippen molar-refractivity contribution in [1.82, 2.24) is 15.6 Å². The summed E-state index contributed by atoms with van der Waals surface area (Å²) < 4.78 is 0. The van der Waals surface area contributed by atoms with Crippen molar-refractivity contribution < 1.29 is 9.90 Å². The van der Waals surface area contributed by atoms with Gasteiger partial charge < -0.3 is 20.7 Å². The van der Waals surface area contributed by atoms with Gasteiger partial charge in [-0.1, -0.05) is 48.5 Å². The predicted octanol–water partition coefficient (Wildman–Crippen LogP) is 2.70. The molecule has 0 radical (unpaired) electrons. The highest BCUT2D eigenvalue weighted by Gasteiger charge is 2.13. The first-order valence-corrected chi connectivity index (χ1v) is 7.53. The Kier molecular flexibility index (Phi) is 4.59. The van der Waals surface area contributed by atoms with E-state index in [1.165, 1.54) is 0 Å². The Labute approximate surface area is 134 Å². The summed E-state index contributed by atoms with van der Waals surface area (Å²) in [5, 5.41) is 16.1. The van der Waals surface area contributed by atoms with Crippen LogP contribution in [0.5, 0.6) is 0 Å². The highest BCUT2D eigenvalue weighted by molar-refractivity contribution is 5.80. The number of benzene rings is 2. The molecule has 0 aliphatic heterocycles. The van der Waals surface area contributed by atoms with Gasteiger partial charge in [0, 0.05) is 11.2 Å². The third kappa shape index (κ3) is 3.70. The molecule has 4 N–H and O–H groups in total. The molecule has 118 valence electrons. The molecule has 1 atom stereocenters. The second kappa shape index (κ2) is 6.98. The molecule has 3 rings (SSSR count). The lowest BCUT2D eigenvalue weighted by atomic mass is 10.1. The van der Waals surface area contributed by atoms with Gasteiger partial charge in [-0.25, -0.2) is 4.79 Å².